The zero-order chi connectivity index (χ0) is 15.1. The summed E-state index contributed by atoms with van der Waals surface area (Å²) in [6.45, 7) is 3.92. The molecule has 0 unspecified atom stereocenters. The molecule has 2 N–H and O–H groups in total. The molecule has 1 rings (SSSR count). The van der Waals surface area contributed by atoms with E-state index in [0.717, 1.165) is 16.7 Å². The van der Waals surface area contributed by atoms with Crippen LogP contribution in [0.4, 0.5) is 0 Å². The molecule has 5 heteroatoms. The molecule has 0 spiro atoms. The highest BCUT2D eigenvalue weighted by Crippen LogP contribution is 2.11. The van der Waals surface area contributed by atoms with E-state index in [0.29, 0.717) is 12.2 Å². The van der Waals surface area contributed by atoms with E-state index in [1.807, 2.05) is 38.3 Å². The second-order valence-corrected chi connectivity index (χ2v) is 5.83. The van der Waals surface area contributed by atoms with Gasteiger partial charge in [-0.2, -0.15) is 11.8 Å². The Labute approximate surface area is 124 Å². The lowest BCUT2D eigenvalue weighted by Gasteiger charge is -2.14. The number of thioether (sulfide) groups is 1. The molecule has 4 nitrogen and oxygen atoms in total. The van der Waals surface area contributed by atoms with Gasteiger partial charge in [0.15, 0.2) is 0 Å². The van der Waals surface area contributed by atoms with Gasteiger partial charge in [0.25, 0.3) is 0 Å². The van der Waals surface area contributed by atoms with Gasteiger partial charge < -0.3 is 10.4 Å². The van der Waals surface area contributed by atoms with Gasteiger partial charge >= 0.3 is 5.97 Å². The predicted octanol–water partition coefficient (Wildman–Crippen LogP) is 2.17. The van der Waals surface area contributed by atoms with Crippen LogP contribution in [0.15, 0.2) is 18.2 Å². The smallest absolute Gasteiger partial charge is 0.326 e. The third kappa shape index (κ3) is 5.25. The number of carboxylic acids is 1. The first-order valence-electron chi connectivity index (χ1n) is 6.51. The molecule has 0 fully saturated rings. The number of rotatable bonds is 7. The average molecular weight is 295 g/mol. The Morgan fingerprint density at radius 3 is 2.65 bits per heavy atom. The van der Waals surface area contributed by atoms with Gasteiger partial charge in [-0.1, -0.05) is 23.8 Å². The monoisotopic (exact) mass is 295 g/mol. The molecule has 1 amide bonds. The molecule has 1 aromatic rings. The lowest BCUT2D eigenvalue weighted by molar-refractivity contribution is -0.141. The number of amides is 1. The highest BCUT2D eigenvalue weighted by atomic mass is 32.2. The maximum atomic E-state index is 12.0. The largest absolute Gasteiger partial charge is 0.480 e. The Morgan fingerprint density at radius 1 is 1.35 bits per heavy atom. The van der Waals surface area contributed by atoms with E-state index < -0.39 is 12.0 Å². The van der Waals surface area contributed by atoms with Crippen LogP contribution in [0.25, 0.3) is 0 Å². The summed E-state index contributed by atoms with van der Waals surface area (Å²) in [6, 6.07) is 5.13. The zero-order valence-corrected chi connectivity index (χ0v) is 12.9. The molecule has 0 saturated heterocycles. The standard InChI is InChI=1S/C15H21NO3S/c1-10-4-5-11(2)12(8-10)9-14(17)16-13(15(18)19)6-7-20-3/h4-5,8,13H,6-7,9H2,1-3H3,(H,16,17)(H,18,19)/t13-/m0/s1. The second kappa shape index (κ2) is 7.94. The molecule has 0 aliphatic carbocycles. The minimum atomic E-state index is -0.978. The molecule has 0 heterocycles. The minimum Gasteiger partial charge on any atom is -0.480 e. The molecule has 0 aromatic heterocycles. The number of carbonyl (C=O) groups is 2. The third-order valence-electron chi connectivity index (χ3n) is 3.10. The average Bonchev–Trinajstić information content (AvgIpc) is 2.38. The summed E-state index contributed by atoms with van der Waals surface area (Å²) in [5.74, 6) is -0.513. The number of hydrogen-bond acceptors (Lipinski definition) is 3. The maximum absolute atomic E-state index is 12.0. The first-order valence-corrected chi connectivity index (χ1v) is 7.90. The number of carboxylic acid groups (broad SMARTS) is 1. The van der Waals surface area contributed by atoms with Crippen molar-refractivity contribution < 1.29 is 14.7 Å². The molecule has 0 aliphatic rings. The Morgan fingerprint density at radius 2 is 2.05 bits per heavy atom. The molecular formula is C15H21NO3S. The summed E-state index contributed by atoms with van der Waals surface area (Å²) in [5, 5.41) is 11.7. The minimum absolute atomic E-state index is 0.219. The van der Waals surface area contributed by atoms with Crippen molar-refractivity contribution in [3.8, 4) is 0 Å². The van der Waals surface area contributed by atoms with Crippen molar-refractivity contribution in [3.63, 3.8) is 0 Å². The van der Waals surface area contributed by atoms with Crippen LogP contribution in [0.2, 0.25) is 0 Å². The van der Waals surface area contributed by atoms with Crippen molar-refractivity contribution in [1.82, 2.24) is 5.32 Å². The van der Waals surface area contributed by atoms with Crippen LogP contribution in [0.1, 0.15) is 23.1 Å². The summed E-state index contributed by atoms with van der Waals surface area (Å²) in [5.41, 5.74) is 3.08. The van der Waals surface area contributed by atoms with E-state index in [2.05, 4.69) is 5.32 Å². The zero-order valence-electron chi connectivity index (χ0n) is 12.1. The van der Waals surface area contributed by atoms with E-state index in [4.69, 9.17) is 5.11 Å². The van der Waals surface area contributed by atoms with E-state index in [-0.39, 0.29) is 12.3 Å². The molecular weight excluding hydrogens is 274 g/mol. The molecule has 1 atom stereocenters. The summed E-state index contributed by atoms with van der Waals surface area (Å²) < 4.78 is 0. The Hall–Kier alpha value is -1.49. The van der Waals surface area contributed by atoms with Gasteiger partial charge in [-0.25, -0.2) is 4.79 Å². The van der Waals surface area contributed by atoms with Crippen molar-refractivity contribution in [1.29, 1.82) is 0 Å². The van der Waals surface area contributed by atoms with Gasteiger partial charge in [-0.05, 0) is 43.4 Å². The number of carbonyl (C=O) groups excluding carboxylic acids is 1. The SMILES string of the molecule is CSCC[C@H](NC(=O)Cc1cc(C)ccc1C)C(=O)O. The number of benzene rings is 1. The van der Waals surface area contributed by atoms with Crippen molar-refractivity contribution in [3.05, 3.63) is 34.9 Å². The summed E-state index contributed by atoms with van der Waals surface area (Å²) in [4.78, 5) is 23.1. The summed E-state index contributed by atoms with van der Waals surface area (Å²) in [6.07, 6.45) is 2.57. The normalized spacial score (nSPS) is 11.9. The van der Waals surface area contributed by atoms with Crippen LogP contribution < -0.4 is 5.32 Å². The van der Waals surface area contributed by atoms with Gasteiger partial charge in [0.2, 0.25) is 5.91 Å². The molecule has 20 heavy (non-hydrogen) atoms. The fraction of sp³-hybridized carbons (Fsp3) is 0.467. The van der Waals surface area contributed by atoms with Gasteiger partial charge in [0.05, 0.1) is 6.42 Å². The molecule has 0 saturated carbocycles. The number of nitrogens with one attached hydrogen (secondary N) is 1. The number of aryl methyl sites for hydroxylation is 2. The maximum Gasteiger partial charge on any atom is 0.326 e. The topological polar surface area (TPSA) is 66.4 Å². The van der Waals surface area contributed by atoms with Crippen LogP contribution in [0.3, 0.4) is 0 Å². The van der Waals surface area contributed by atoms with Crippen LogP contribution >= 0.6 is 11.8 Å². The van der Waals surface area contributed by atoms with Crippen LogP contribution in [0, 0.1) is 13.8 Å². The number of hydrogen-bond donors (Lipinski definition) is 2. The van der Waals surface area contributed by atoms with E-state index in [9.17, 15) is 9.59 Å². The van der Waals surface area contributed by atoms with E-state index >= 15 is 0 Å². The van der Waals surface area contributed by atoms with Gasteiger partial charge in [0, 0.05) is 0 Å². The molecule has 0 aliphatic heterocycles. The van der Waals surface area contributed by atoms with Gasteiger partial charge in [-0.15, -0.1) is 0 Å². The quantitative estimate of drug-likeness (QED) is 0.809. The first-order chi connectivity index (χ1) is 9.43. The van der Waals surface area contributed by atoms with Crippen molar-refractivity contribution in [2.75, 3.05) is 12.0 Å². The van der Waals surface area contributed by atoms with Crippen LogP contribution in [0.5, 0.6) is 0 Å². The van der Waals surface area contributed by atoms with Gasteiger partial charge in [0.1, 0.15) is 6.04 Å². The highest BCUT2D eigenvalue weighted by Gasteiger charge is 2.19. The van der Waals surface area contributed by atoms with E-state index in [1.165, 1.54) is 0 Å². The van der Waals surface area contributed by atoms with Gasteiger partial charge in [-0.3, -0.25) is 4.79 Å². The van der Waals surface area contributed by atoms with Crippen LogP contribution in [-0.4, -0.2) is 35.0 Å². The summed E-state index contributed by atoms with van der Waals surface area (Å²) in [7, 11) is 0. The Bertz CT molecular complexity index is 488. The molecule has 1 aromatic carbocycles. The van der Waals surface area contributed by atoms with Crippen LogP contribution in [-0.2, 0) is 16.0 Å². The number of aliphatic carboxylic acids is 1. The lowest BCUT2D eigenvalue weighted by Crippen LogP contribution is -2.41. The fourth-order valence-corrected chi connectivity index (χ4v) is 2.37. The summed E-state index contributed by atoms with van der Waals surface area (Å²) >= 11 is 1.57. The lowest BCUT2D eigenvalue weighted by atomic mass is 10.0. The Kier molecular flexibility index (Phi) is 6.58. The van der Waals surface area contributed by atoms with Crippen molar-refractivity contribution in [2.45, 2.75) is 32.7 Å². The Balaban J connectivity index is 2.65. The molecule has 0 bridgehead atoms. The fourth-order valence-electron chi connectivity index (χ4n) is 1.90. The van der Waals surface area contributed by atoms with E-state index in [1.54, 1.807) is 11.8 Å². The van der Waals surface area contributed by atoms with Crippen molar-refractivity contribution in [2.24, 2.45) is 0 Å². The highest BCUT2D eigenvalue weighted by molar-refractivity contribution is 7.98. The second-order valence-electron chi connectivity index (χ2n) is 4.85. The predicted molar refractivity (Wildman–Crippen MR) is 82.2 cm³/mol. The molecule has 0 radical (unpaired) electrons. The van der Waals surface area contributed by atoms with Crippen molar-refractivity contribution >= 4 is 23.6 Å². The molecule has 110 valence electrons. The first kappa shape index (κ1) is 16.6. The third-order valence-corrected chi connectivity index (χ3v) is 3.74.